The van der Waals surface area contributed by atoms with Gasteiger partial charge in [0.15, 0.2) is 5.96 Å². The number of aliphatic imine (C=N–C) groups is 1. The minimum Gasteiger partial charge on any atom is -0.488 e. The average Bonchev–Trinajstić information content (AvgIpc) is 2.39. The molecule has 1 aromatic rings. The van der Waals surface area contributed by atoms with Gasteiger partial charge in [-0.15, -0.1) is 0 Å². The van der Waals surface area contributed by atoms with Crippen LogP contribution in [0.2, 0.25) is 0 Å². The lowest BCUT2D eigenvalue weighted by Crippen LogP contribution is -2.36. The summed E-state index contributed by atoms with van der Waals surface area (Å²) in [7, 11) is 8.01. The molecule has 0 aromatic heterocycles. The molecule has 0 aliphatic rings. The lowest BCUT2D eigenvalue weighted by Gasteiger charge is -2.24. The molecular weight excluding hydrogens is 250 g/mol. The molecule has 0 bridgehead atoms. The maximum atomic E-state index is 6.06. The van der Waals surface area contributed by atoms with E-state index in [2.05, 4.69) is 24.9 Å². The second-order valence-corrected chi connectivity index (χ2v) is 5.34. The lowest BCUT2D eigenvalue weighted by molar-refractivity contribution is 0.203. The van der Waals surface area contributed by atoms with E-state index in [1.165, 1.54) is 0 Å². The van der Waals surface area contributed by atoms with E-state index in [9.17, 15) is 0 Å². The van der Waals surface area contributed by atoms with Crippen LogP contribution in [0.15, 0.2) is 29.3 Å². The smallest absolute Gasteiger partial charge is 0.195 e. The Morgan fingerprint density at radius 3 is 2.25 bits per heavy atom. The summed E-state index contributed by atoms with van der Waals surface area (Å²) in [6.45, 7) is 4.86. The van der Waals surface area contributed by atoms with E-state index in [4.69, 9.17) is 4.74 Å². The number of aryl methyl sites for hydroxylation is 1. The molecule has 0 saturated carbocycles. The first-order valence-corrected chi connectivity index (χ1v) is 7.07. The lowest BCUT2D eigenvalue weighted by atomic mass is 10.2. The van der Waals surface area contributed by atoms with Crippen molar-refractivity contribution in [2.45, 2.75) is 26.4 Å². The second kappa shape index (κ2) is 7.78. The summed E-state index contributed by atoms with van der Waals surface area (Å²) in [6, 6.07) is 8.11. The standard InChI is InChI=1S/C16H27N3O/c1-7-14(12-17-16(18(3)4)19(5)6)20-15-11-9-8-10-13(15)2/h8-11,14H,7,12H2,1-6H3. The van der Waals surface area contributed by atoms with E-state index in [0.29, 0.717) is 6.54 Å². The van der Waals surface area contributed by atoms with Crippen LogP contribution in [0.25, 0.3) is 0 Å². The number of benzene rings is 1. The number of guanidine groups is 1. The van der Waals surface area contributed by atoms with Crippen LogP contribution >= 0.6 is 0 Å². The predicted octanol–water partition coefficient (Wildman–Crippen LogP) is 2.63. The Kier molecular flexibility index (Phi) is 6.36. The number of nitrogens with zero attached hydrogens (tertiary/aromatic N) is 3. The van der Waals surface area contributed by atoms with Crippen molar-refractivity contribution in [3.8, 4) is 5.75 Å². The molecule has 1 rings (SSSR count). The van der Waals surface area contributed by atoms with Crippen molar-refractivity contribution < 1.29 is 4.74 Å². The molecule has 0 spiro atoms. The zero-order valence-corrected chi connectivity index (χ0v) is 13.6. The van der Waals surface area contributed by atoms with Gasteiger partial charge in [-0.05, 0) is 25.0 Å². The van der Waals surface area contributed by atoms with E-state index < -0.39 is 0 Å². The Bertz CT molecular complexity index is 431. The van der Waals surface area contributed by atoms with Crippen molar-refractivity contribution in [2.75, 3.05) is 34.7 Å². The van der Waals surface area contributed by atoms with Gasteiger partial charge < -0.3 is 14.5 Å². The SMILES string of the molecule is CCC(CN=C(N(C)C)N(C)C)Oc1ccccc1C. The molecule has 0 aliphatic heterocycles. The van der Waals surface area contributed by atoms with E-state index in [1.54, 1.807) is 0 Å². The average molecular weight is 277 g/mol. The highest BCUT2D eigenvalue weighted by atomic mass is 16.5. The molecule has 4 nitrogen and oxygen atoms in total. The molecule has 0 saturated heterocycles. The largest absolute Gasteiger partial charge is 0.488 e. The van der Waals surface area contributed by atoms with Crippen LogP contribution in [-0.4, -0.2) is 56.6 Å². The van der Waals surface area contributed by atoms with Gasteiger partial charge in [-0.1, -0.05) is 25.1 Å². The molecule has 112 valence electrons. The Hall–Kier alpha value is -1.71. The summed E-state index contributed by atoms with van der Waals surface area (Å²) < 4.78 is 6.06. The fraction of sp³-hybridized carbons (Fsp3) is 0.562. The van der Waals surface area contributed by atoms with Crippen molar-refractivity contribution >= 4 is 5.96 Å². The van der Waals surface area contributed by atoms with Crippen LogP contribution in [0.3, 0.4) is 0 Å². The van der Waals surface area contributed by atoms with Crippen molar-refractivity contribution in [3.63, 3.8) is 0 Å². The molecule has 1 unspecified atom stereocenters. The summed E-state index contributed by atoms with van der Waals surface area (Å²) >= 11 is 0. The van der Waals surface area contributed by atoms with Crippen molar-refractivity contribution in [1.82, 2.24) is 9.80 Å². The van der Waals surface area contributed by atoms with Gasteiger partial charge in [-0.25, -0.2) is 4.99 Å². The van der Waals surface area contributed by atoms with Crippen LogP contribution in [0.4, 0.5) is 0 Å². The summed E-state index contributed by atoms with van der Waals surface area (Å²) in [5.41, 5.74) is 1.16. The third-order valence-electron chi connectivity index (χ3n) is 3.08. The van der Waals surface area contributed by atoms with Gasteiger partial charge in [-0.2, -0.15) is 0 Å². The highest BCUT2D eigenvalue weighted by molar-refractivity contribution is 5.79. The van der Waals surface area contributed by atoms with Crippen LogP contribution in [0.5, 0.6) is 5.75 Å². The Balaban J connectivity index is 2.73. The first-order chi connectivity index (χ1) is 9.45. The third kappa shape index (κ3) is 4.76. The molecule has 0 N–H and O–H groups in total. The normalized spacial score (nSPS) is 11.7. The fourth-order valence-corrected chi connectivity index (χ4v) is 1.98. The van der Waals surface area contributed by atoms with E-state index in [-0.39, 0.29) is 6.10 Å². The molecule has 4 heteroatoms. The maximum absolute atomic E-state index is 6.06. The first-order valence-electron chi connectivity index (χ1n) is 7.07. The third-order valence-corrected chi connectivity index (χ3v) is 3.08. The molecule has 0 heterocycles. The van der Waals surface area contributed by atoms with Gasteiger partial charge in [-0.3, -0.25) is 0 Å². The molecule has 1 atom stereocenters. The van der Waals surface area contributed by atoms with Crippen molar-refractivity contribution in [3.05, 3.63) is 29.8 Å². The Morgan fingerprint density at radius 1 is 1.15 bits per heavy atom. The van der Waals surface area contributed by atoms with E-state index in [1.807, 2.05) is 56.2 Å². The number of hydrogen-bond acceptors (Lipinski definition) is 2. The highest BCUT2D eigenvalue weighted by Crippen LogP contribution is 2.18. The fourth-order valence-electron chi connectivity index (χ4n) is 1.98. The Labute approximate surface area is 123 Å². The van der Waals surface area contributed by atoms with Crippen molar-refractivity contribution in [2.24, 2.45) is 4.99 Å². The number of ether oxygens (including phenoxy) is 1. The maximum Gasteiger partial charge on any atom is 0.195 e. The van der Waals surface area contributed by atoms with Gasteiger partial charge in [0.05, 0.1) is 6.54 Å². The summed E-state index contributed by atoms with van der Waals surface area (Å²) in [5.74, 6) is 1.91. The molecular formula is C16H27N3O. The first kappa shape index (κ1) is 16.3. The van der Waals surface area contributed by atoms with Gasteiger partial charge in [0.1, 0.15) is 11.9 Å². The van der Waals surface area contributed by atoms with Gasteiger partial charge in [0.25, 0.3) is 0 Å². The van der Waals surface area contributed by atoms with Crippen LogP contribution < -0.4 is 4.74 Å². The molecule has 20 heavy (non-hydrogen) atoms. The molecule has 0 radical (unpaired) electrons. The zero-order valence-electron chi connectivity index (χ0n) is 13.6. The molecule has 0 fully saturated rings. The Morgan fingerprint density at radius 2 is 1.75 bits per heavy atom. The topological polar surface area (TPSA) is 28.1 Å². The van der Waals surface area contributed by atoms with E-state index in [0.717, 1.165) is 23.7 Å². The van der Waals surface area contributed by atoms with Gasteiger partial charge >= 0.3 is 0 Å². The van der Waals surface area contributed by atoms with Crippen LogP contribution in [0.1, 0.15) is 18.9 Å². The highest BCUT2D eigenvalue weighted by Gasteiger charge is 2.11. The van der Waals surface area contributed by atoms with Gasteiger partial charge in [0, 0.05) is 28.2 Å². The summed E-state index contributed by atoms with van der Waals surface area (Å²) in [5, 5.41) is 0. The second-order valence-electron chi connectivity index (χ2n) is 5.34. The van der Waals surface area contributed by atoms with Gasteiger partial charge in [0.2, 0.25) is 0 Å². The predicted molar refractivity (Wildman–Crippen MR) is 85.6 cm³/mol. The number of para-hydroxylation sites is 1. The van der Waals surface area contributed by atoms with Crippen LogP contribution in [0, 0.1) is 6.92 Å². The van der Waals surface area contributed by atoms with E-state index >= 15 is 0 Å². The van der Waals surface area contributed by atoms with Crippen LogP contribution in [-0.2, 0) is 0 Å². The zero-order chi connectivity index (χ0) is 15.1. The molecule has 1 aromatic carbocycles. The summed E-state index contributed by atoms with van der Waals surface area (Å²) in [4.78, 5) is 8.69. The minimum absolute atomic E-state index is 0.103. The summed E-state index contributed by atoms with van der Waals surface area (Å²) in [6.07, 6.45) is 1.04. The quantitative estimate of drug-likeness (QED) is 0.612. The number of rotatable bonds is 5. The minimum atomic E-state index is 0.103. The monoisotopic (exact) mass is 277 g/mol. The van der Waals surface area contributed by atoms with Crippen molar-refractivity contribution in [1.29, 1.82) is 0 Å². The molecule has 0 aliphatic carbocycles. The number of hydrogen-bond donors (Lipinski definition) is 0. The molecule has 0 amide bonds.